The molecule has 10 nitrogen and oxygen atoms in total. The number of fused-ring (bicyclic) bond motifs is 1. The topological polar surface area (TPSA) is 123 Å². The molecule has 13 heteroatoms. The minimum Gasteiger partial charge on any atom is -0.452 e. The summed E-state index contributed by atoms with van der Waals surface area (Å²) in [6, 6.07) is 6.15. The van der Waals surface area contributed by atoms with Crippen LogP contribution in [-0.2, 0) is 15.7 Å². The summed E-state index contributed by atoms with van der Waals surface area (Å²) in [5, 5.41) is 6.43. The van der Waals surface area contributed by atoms with Crippen LogP contribution in [-0.4, -0.2) is 57.0 Å². The van der Waals surface area contributed by atoms with Crippen LogP contribution in [0.4, 0.5) is 18.9 Å². The summed E-state index contributed by atoms with van der Waals surface area (Å²) in [4.78, 5) is 53.3. The molecule has 1 aromatic carbocycles. The number of imide groups is 1. The van der Waals surface area contributed by atoms with Crippen LogP contribution < -0.4 is 5.32 Å². The van der Waals surface area contributed by atoms with Gasteiger partial charge in [0.25, 0.3) is 17.7 Å². The van der Waals surface area contributed by atoms with E-state index in [1.165, 1.54) is 32.2 Å². The smallest absolute Gasteiger partial charge is 0.417 e. The molecule has 180 valence electrons. The molecule has 0 spiro atoms. The summed E-state index contributed by atoms with van der Waals surface area (Å²) in [5.74, 6) is -2.46. The van der Waals surface area contributed by atoms with Gasteiger partial charge in [-0.15, -0.1) is 0 Å². The number of carbonyl (C=O) groups is 4. The predicted octanol–water partition coefficient (Wildman–Crippen LogP) is 2.62. The number of benzene rings is 1. The Bertz CT molecular complexity index is 1360. The lowest BCUT2D eigenvalue weighted by Crippen LogP contribution is -2.24. The Morgan fingerprint density at radius 2 is 1.77 bits per heavy atom. The Morgan fingerprint density at radius 3 is 2.43 bits per heavy atom. The zero-order valence-corrected chi connectivity index (χ0v) is 18.2. The van der Waals surface area contributed by atoms with Crippen molar-refractivity contribution in [2.24, 2.45) is 0 Å². The van der Waals surface area contributed by atoms with Crippen LogP contribution in [0, 0.1) is 6.92 Å². The fraction of sp³-hybridized carbons (Fsp3) is 0.182. The third-order valence-corrected chi connectivity index (χ3v) is 5.23. The van der Waals surface area contributed by atoms with E-state index >= 15 is 0 Å². The van der Waals surface area contributed by atoms with Gasteiger partial charge in [0.2, 0.25) is 0 Å². The normalized spacial score (nSPS) is 13.1. The molecule has 0 aliphatic carbocycles. The number of halogens is 3. The number of amides is 3. The van der Waals surface area contributed by atoms with Gasteiger partial charge in [-0.05, 0) is 37.3 Å². The molecular formula is C22H16F3N5O5. The molecule has 0 fully saturated rings. The number of nitrogens with zero attached hydrogens (tertiary/aromatic N) is 4. The highest BCUT2D eigenvalue weighted by Gasteiger charge is 2.33. The Hall–Kier alpha value is -4.55. The second kappa shape index (κ2) is 8.66. The van der Waals surface area contributed by atoms with Crippen molar-refractivity contribution in [3.8, 4) is 5.82 Å². The highest BCUT2D eigenvalue weighted by atomic mass is 19.4. The number of nitrogens with one attached hydrogen (secondary N) is 1. The van der Waals surface area contributed by atoms with E-state index in [9.17, 15) is 32.3 Å². The molecule has 1 N–H and O–H groups in total. The standard InChI is InChI=1S/C22H16F3N5O5/c1-11-16(9-27-30(11)17-6-3-12(8-26-17)22(23,24)25)21(34)35-10-18(31)28-13-4-5-14-15(7-13)20(33)29(2)19(14)32/h3-9H,10H2,1-2H3,(H,28,31). The van der Waals surface area contributed by atoms with Crippen LogP contribution in [0.25, 0.3) is 5.82 Å². The summed E-state index contributed by atoms with van der Waals surface area (Å²) in [6.45, 7) is 0.828. The van der Waals surface area contributed by atoms with Gasteiger partial charge < -0.3 is 10.1 Å². The Labute approximate surface area is 195 Å². The minimum absolute atomic E-state index is 0.0100. The number of pyridine rings is 1. The van der Waals surface area contributed by atoms with E-state index in [0.717, 1.165) is 27.9 Å². The van der Waals surface area contributed by atoms with E-state index in [1.54, 1.807) is 0 Å². The van der Waals surface area contributed by atoms with Crippen molar-refractivity contribution in [1.82, 2.24) is 19.7 Å². The van der Waals surface area contributed by atoms with Gasteiger partial charge in [-0.25, -0.2) is 14.5 Å². The number of ether oxygens (including phenoxy) is 1. The third kappa shape index (κ3) is 4.47. The fourth-order valence-corrected chi connectivity index (χ4v) is 3.36. The quantitative estimate of drug-likeness (QED) is 0.434. The van der Waals surface area contributed by atoms with Crippen LogP contribution in [0.2, 0.25) is 0 Å². The second-order valence-corrected chi connectivity index (χ2v) is 7.51. The van der Waals surface area contributed by atoms with Gasteiger partial charge >= 0.3 is 12.1 Å². The van der Waals surface area contributed by atoms with Crippen LogP contribution in [0.1, 0.15) is 42.3 Å². The third-order valence-electron chi connectivity index (χ3n) is 5.23. The molecule has 0 atom stereocenters. The fourth-order valence-electron chi connectivity index (χ4n) is 3.36. The lowest BCUT2D eigenvalue weighted by atomic mass is 10.1. The first-order chi connectivity index (χ1) is 16.5. The largest absolute Gasteiger partial charge is 0.452 e. The molecule has 0 radical (unpaired) electrons. The summed E-state index contributed by atoms with van der Waals surface area (Å²) >= 11 is 0. The zero-order valence-electron chi connectivity index (χ0n) is 18.2. The first kappa shape index (κ1) is 23.6. The Morgan fingerprint density at radius 1 is 1.06 bits per heavy atom. The summed E-state index contributed by atoms with van der Waals surface area (Å²) in [7, 11) is 1.35. The molecule has 0 bridgehead atoms. The predicted molar refractivity (Wildman–Crippen MR) is 113 cm³/mol. The van der Waals surface area contributed by atoms with Crippen LogP contribution >= 0.6 is 0 Å². The Kier molecular flexibility index (Phi) is 5.84. The second-order valence-electron chi connectivity index (χ2n) is 7.51. The maximum atomic E-state index is 12.7. The van der Waals surface area contributed by atoms with Crippen LogP contribution in [0.15, 0.2) is 42.7 Å². The molecule has 2 aromatic heterocycles. The molecule has 1 aliphatic rings. The van der Waals surface area contributed by atoms with Gasteiger partial charge in [0.05, 0.1) is 28.6 Å². The van der Waals surface area contributed by atoms with Crippen molar-refractivity contribution in [3.63, 3.8) is 0 Å². The highest BCUT2D eigenvalue weighted by Crippen LogP contribution is 2.29. The number of aromatic nitrogens is 3. The lowest BCUT2D eigenvalue weighted by molar-refractivity contribution is -0.137. The van der Waals surface area contributed by atoms with E-state index < -0.39 is 42.0 Å². The average molecular weight is 487 g/mol. The van der Waals surface area contributed by atoms with Gasteiger partial charge in [-0.2, -0.15) is 18.3 Å². The molecule has 3 heterocycles. The van der Waals surface area contributed by atoms with Gasteiger partial charge in [0.1, 0.15) is 5.56 Å². The number of alkyl halides is 3. The van der Waals surface area contributed by atoms with Gasteiger partial charge in [0.15, 0.2) is 12.4 Å². The Balaban J connectivity index is 1.39. The number of rotatable bonds is 5. The first-order valence-corrected chi connectivity index (χ1v) is 9.99. The number of carbonyl (C=O) groups excluding carboxylic acids is 4. The monoisotopic (exact) mass is 487 g/mol. The van der Waals surface area contributed by atoms with Crippen LogP contribution in [0.3, 0.4) is 0 Å². The van der Waals surface area contributed by atoms with Crippen molar-refractivity contribution in [2.75, 3.05) is 19.0 Å². The lowest BCUT2D eigenvalue weighted by Gasteiger charge is -2.09. The SMILES string of the molecule is Cc1c(C(=O)OCC(=O)Nc2ccc3c(c2)C(=O)N(C)C3=O)cnn1-c1ccc(C(F)(F)F)cn1. The van der Waals surface area contributed by atoms with Gasteiger partial charge in [-0.3, -0.25) is 19.3 Å². The van der Waals surface area contributed by atoms with Crippen molar-refractivity contribution in [3.05, 3.63) is 70.7 Å². The van der Waals surface area contributed by atoms with E-state index in [0.29, 0.717) is 6.20 Å². The molecule has 4 rings (SSSR count). The van der Waals surface area contributed by atoms with Crippen molar-refractivity contribution in [1.29, 1.82) is 0 Å². The van der Waals surface area contributed by atoms with E-state index in [-0.39, 0.29) is 33.9 Å². The van der Waals surface area contributed by atoms with E-state index in [4.69, 9.17) is 4.74 Å². The zero-order chi connectivity index (χ0) is 25.5. The molecule has 0 saturated carbocycles. The molecule has 3 aromatic rings. The molecule has 1 aliphatic heterocycles. The number of hydrogen-bond donors (Lipinski definition) is 1. The maximum absolute atomic E-state index is 12.7. The van der Waals surface area contributed by atoms with E-state index in [2.05, 4.69) is 15.4 Å². The van der Waals surface area contributed by atoms with Gasteiger partial charge in [-0.1, -0.05) is 0 Å². The number of hydrogen-bond acceptors (Lipinski definition) is 7. The minimum atomic E-state index is -4.54. The average Bonchev–Trinajstić information content (AvgIpc) is 3.30. The first-order valence-electron chi connectivity index (χ1n) is 9.99. The summed E-state index contributed by atoms with van der Waals surface area (Å²) in [5.41, 5.74) is -0.0939. The molecule has 35 heavy (non-hydrogen) atoms. The molecule has 0 saturated heterocycles. The van der Waals surface area contributed by atoms with Crippen molar-refractivity contribution >= 4 is 29.4 Å². The number of esters is 1. The maximum Gasteiger partial charge on any atom is 0.417 e. The molecule has 0 unspecified atom stereocenters. The van der Waals surface area contributed by atoms with Crippen molar-refractivity contribution in [2.45, 2.75) is 13.1 Å². The summed E-state index contributed by atoms with van der Waals surface area (Å²) < 4.78 is 44.3. The number of anilines is 1. The molecule has 3 amide bonds. The highest BCUT2D eigenvalue weighted by molar-refractivity contribution is 6.21. The molecular weight excluding hydrogens is 471 g/mol. The van der Waals surface area contributed by atoms with Gasteiger partial charge in [0, 0.05) is 18.9 Å². The van der Waals surface area contributed by atoms with Crippen LogP contribution in [0.5, 0.6) is 0 Å². The van der Waals surface area contributed by atoms with E-state index in [1.807, 2.05) is 0 Å². The summed E-state index contributed by atoms with van der Waals surface area (Å²) in [6.07, 6.45) is -2.74. The van der Waals surface area contributed by atoms with Crippen molar-refractivity contribution < 1.29 is 37.1 Å².